The van der Waals surface area contributed by atoms with Crippen LogP contribution in [0, 0.1) is 17.2 Å². The first-order valence-corrected chi connectivity index (χ1v) is 14.8. The molecule has 2 heterocycles. The van der Waals surface area contributed by atoms with Gasteiger partial charge in [0.15, 0.2) is 9.84 Å². The third-order valence-electron chi connectivity index (χ3n) is 7.45. The predicted octanol–water partition coefficient (Wildman–Crippen LogP) is 3.91. The molecule has 11 heteroatoms. The number of alkyl halides is 2. The summed E-state index contributed by atoms with van der Waals surface area (Å²) in [6.07, 6.45) is 0.850. The number of anilines is 1. The van der Waals surface area contributed by atoms with Crippen molar-refractivity contribution < 1.29 is 22.0 Å². The van der Waals surface area contributed by atoms with Crippen molar-refractivity contribution in [3.05, 3.63) is 35.0 Å². The van der Waals surface area contributed by atoms with E-state index in [4.69, 9.17) is 0 Å². The molecule has 1 aliphatic heterocycles. The molecule has 3 atom stereocenters. The Balaban J connectivity index is 1.42. The quantitative estimate of drug-likeness (QED) is 0.603. The van der Waals surface area contributed by atoms with Crippen molar-refractivity contribution in [1.82, 2.24) is 10.3 Å². The van der Waals surface area contributed by atoms with Crippen molar-refractivity contribution >= 4 is 32.8 Å². The van der Waals surface area contributed by atoms with Crippen LogP contribution in [0.25, 0.3) is 10.4 Å². The fourth-order valence-corrected chi connectivity index (χ4v) is 7.33. The number of rotatable bonds is 6. The van der Waals surface area contributed by atoms with E-state index in [1.54, 1.807) is 0 Å². The molecule has 1 aromatic heterocycles. The minimum Gasteiger partial charge on any atom is -0.369 e. The van der Waals surface area contributed by atoms with Crippen LogP contribution in [0.2, 0.25) is 0 Å². The summed E-state index contributed by atoms with van der Waals surface area (Å²) in [5.41, 5.74) is 1.50. The highest BCUT2D eigenvalue weighted by molar-refractivity contribution is 7.91. The van der Waals surface area contributed by atoms with Crippen molar-refractivity contribution in [3.63, 3.8) is 0 Å². The minimum absolute atomic E-state index is 0.0523. The van der Waals surface area contributed by atoms with Gasteiger partial charge in [0.25, 0.3) is 0 Å². The Labute approximate surface area is 213 Å². The summed E-state index contributed by atoms with van der Waals surface area (Å²) < 4.78 is 51.6. The van der Waals surface area contributed by atoms with Gasteiger partial charge in [-0.05, 0) is 49.8 Å². The average Bonchev–Trinajstić information content (AvgIpc) is 3.51. The molecular formula is C25H28F2N4O3S2. The van der Waals surface area contributed by atoms with E-state index >= 15 is 0 Å². The molecule has 5 rings (SSSR count). The molecule has 2 saturated carbocycles. The topological polar surface area (TPSA) is 103 Å². The zero-order valence-electron chi connectivity index (χ0n) is 19.8. The number of aromatic nitrogens is 1. The van der Waals surface area contributed by atoms with Gasteiger partial charge in [0, 0.05) is 30.6 Å². The van der Waals surface area contributed by atoms with Crippen LogP contribution in [-0.4, -0.2) is 55.6 Å². The number of benzene rings is 1. The van der Waals surface area contributed by atoms with Crippen LogP contribution in [-0.2, 0) is 21.3 Å². The maximum atomic E-state index is 14.4. The summed E-state index contributed by atoms with van der Waals surface area (Å²) in [6, 6.07) is 9.79. The molecule has 3 aliphatic rings. The van der Waals surface area contributed by atoms with Crippen LogP contribution in [0.1, 0.15) is 48.7 Å². The van der Waals surface area contributed by atoms with Gasteiger partial charge in [-0.1, -0.05) is 12.1 Å². The van der Waals surface area contributed by atoms with E-state index in [-0.39, 0.29) is 29.8 Å². The second-order valence-electron chi connectivity index (χ2n) is 9.95. The number of nitrogens with one attached hydrogen (secondary N) is 1. The van der Waals surface area contributed by atoms with E-state index in [0.29, 0.717) is 49.5 Å². The van der Waals surface area contributed by atoms with Gasteiger partial charge in [0.1, 0.15) is 23.4 Å². The largest absolute Gasteiger partial charge is 0.369 e. The summed E-state index contributed by atoms with van der Waals surface area (Å²) in [5.74, 6) is -1.13. The Morgan fingerprint density at radius 3 is 2.53 bits per heavy atom. The summed E-state index contributed by atoms with van der Waals surface area (Å²) in [5, 5.41) is 12.5. The molecule has 192 valence electrons. The lowest BCUT2D eigenvalue weighted by Gasteiger charge is -2.32. The fraction of sp³-hybridized carbons (Fsp3) is 0.560. The highest BCUT2D eigenvalue weighted by Crippen LogP contribution is 2.46. The number of amides is 1. The molecule has 2 aromatic rings. The van der Waals surface area contributed by atoms with Crippen LogP contribution in [0.4, 0.5) is 14.5 Å². The second kappa shape index (κ2) is 9.71. The van der Waals surface area contributed by atoms with Crippen LogP contribution < -0.4 is 10.2 Å². The molecule has 3 unspecified atom stereocenters. The predicted molar refractivity (Wildman–Crippen MR) is 134 cm³/mol. The lowest BCUT2D eigenvalue weighted by Crippen LogP contribution is -2.44. The fourth-order valence-electron chi connectivity index (χ4n) is 5.14. The third-order valence-corrected chi connectivity index (χ3v) is 10.1. The van der Waals surface area contributed by atoms with Gasteiger partial charge in [0.2, 0.25) is 5.91 Å². The Kier molecular flexibility index (Phi) is 6.76. The lowest BCUT2D eigenvalue weighted by atomic mass is 9.75. The highest BCUT2D eigenvalue weighted by atomic mass is 32.2. The highest BCUT2D eigenvalue weighted by Gasteiger charge is 2.48. The van der Waals surface area contributed by atoms with Gasteiger partial charge < -0.3 is 10.2 Å². The van der Waals surface area contributed by atoms with Gasteiger partial charge in [-0.25, -0.2) is 22.2 Å². The van der Waals surface area contributed by atoms with Crippen LogP contribution in [0.5, 0.6) is 0 Å². The smallest absolute Gasteiger partial charge is 0.225 e. The maximum absolute atomic E-state index is 14.4. The molecule has 0 radical (unpaired) electrons. The van der Waals surface area contributed by atoms with Crippen LogP contribution >= 0.6 is 11.3 Å². The Bertz CT molecular complexity index is 1270. The zero-order valence-corrected chi connectivity index (χ0v) is 21.4. The summed E-state index contributed by atoms with van der Waals surface area (Å²) in [4.78, 5) is 20.5. The number of carbonyl (C=O) groups excluding carboxylic acids is 1. The number of nitrogens with zero attached hydrogens (tertiary/aromatic N) is 3. The average molecular weight is 535 g/mol. The number of hydrogen-bond donors (Lipinski definition) is 1. The Morgan fingerprint density at radius 2 is 1.92 bits per heavy atom. The molecular weight excluding hydrogens is 506 g/mol. The molecule has 7 nitrogen and oxygen atoms in total. The molecule has 3 fully saturated rings. The van der Waals surface area contributed by atoms with E-state index in [1.807, 2.05) is 29.2 Å². The number of thiazole rings is 1. The molecule has 0 bridgehead atoms. The molecule has 1 saturated heterocycles. The van der Waals surface area contributed by atoms with Crippen molar-refractivity contribution in [1.29, 1.82) is 5.26 Å². The number of nitriles is 1. The minimum atomic E-state index is -2.98. The van der Waals surface area contributed by atoms with E-state index in [9.17, 15) is 27.3 Å². The standard InChI is InChI=1S/C25H28F2N4O3S2/c26-14-21-29-22(19-6-3-17(27)13-20(19)24(32)30-25(15-28)7-8-25)23(35-21)16-1-4-18(5-2-16)31-9-11-36(33,34)12-10-31/h1-2,4-5,17,19-20H,3,6-14H2,(H,30,32). The number of carbonyl (C=O) groups is 1. The third kappa shape index (κ3) is 5.11. The Morgan fingerprint density at radius 1 is 1.22 bits per heavy atom. The number of sulfone groups is 1. The summed E-state index contributed by atoms with van der Waals surface area (Å²) in [7, 11) is -2.98. The van der Waals surface area contributed by atoms with Crippen molar-refractivity contribution in [2.45, 2.75) is 56.4 Å². The van der Waals surface area contributed by atoms with Gasteiger partial charge in [-0.3, -0.25) is 4.79 Å². The van der Waals surface area contributed by atoms with Gasteiger partial charge in [0.05, 0.1) is 28.1 Å². The van der Waals surface area contributed by atoms with Gasteiger partial charge >= 0.3 is 0 Å². The van der Waals surface area contributed by atoms with Crippen molar-refractivity contribution in [3.8, 4) is 16.5 Å². The van der Waals surface area contributed by atoms with E-state index < -0.39 is 34.1 Å². The molecule has 0 spiro atoms. The number of halogens is 2. The lowest BCUT2D eigenvalue weighted by molar-refractivity contribution is -0.128. The van der Waals surface area contributed by atoms with Gasteiger partial charge in [-0.2, -0.15) is 5.26 Å². The molecule has 36 heavy (non-hydrogen) atoms. The zero-order chi connectivity index (χ0) is 25.5. The number of hydrogen-bond acceptors (Lipinski definition) is 7. The van der Waals surface area contributed by atoms with E-state index in [2.05, 4.69) is 16.4 Å². The van der Waals surface area contributed by atoms with Gasteiger partial charge in [-0.15, -0.1) is 11.3 Å². The van der Waals surface area contributed by atoms with Crippen molar-refractivity contribution in [2.24, 2.45) is 5.92 Å². The van der Waals surface area contributed by atoms with Crippen LogP contribution in [0.3, 0.4) is 0 Å². The molecule has 1 N–H and O–H groups in total. The second-order valence-corrected chi connectivity index (χ2v) is 13.3. The van der Waals surface area contributed by atoms with E-state index in [0.717, 1.165) is 16.1 Å². The molecule has 2 aliphatic carbocycles. The van der Waals surface area contributed by atoms with Crippen LogP contribution in [0.15, 0.2) is 24.3 Å². The first-order valence-electron chi connectivity index (χ1n) is 12.2. The van der Waals surface area contributed by atoms with Crippen molar-refractivity contribution in [2.75, 3.05) is 29.5 Å². The maximum Gasteiger partial charge on any atom is 0.225 e. The summed E-state index contributed by atoms with van der Waals surface area (Å²) >= 11 is 1.24. The first kappa shape index (κ1) is 25.1. The molecule has 1 amide bonds. The SMILES string of the molecule is N#CC1(NC(=O)C2CC(F)CCC2c2nc(CF)sc2-c2ccc(N3CCS(=O)(=O)CC3)cc2)CC1. The molecule has 1 aromatic carbocycles. The monoisotopic (exact) mass is 534 g/mol. The van der Waals surface area contributed by atoms with E-state index in [1.165, 1.54) is 11.3 Å². The Hall–Kier alpha value is -2.58. The normalized spacial score (nSPS) is 26.7. The first-order chi connectivity index (χ1) is 17.2. The summed E-state index contributed by atoms with van der Waals surface area (Å²) in [6.45, 7) is 0.144.